The van der Waals surface area contributed by atoms with E-state index in [9.17, 15) is 9.59 Å². The van der Waals surface area contributed by atoms with Crippen molar-refractivity contribution in [1.82, 2.24) is 0 Å². The minimum Gasteiger partial charge on any atom is -0.460 e. The molecule has 6 heteroatoms. The van der Waals surface area contributed by atoms with Gasteiger partial charge in [-0.05, 0) is 53.4 Å². The molecule has 0 unspecified atom stereocenters. The first-order valence-electron chi connectivity index (χ1n) is 8.27. The molecule has 0 heterocycles. The van der Waals surface area contributed by atoms with E-state index < -0.39 is 11.2 Å². The van der Waals surface area contributed by atoms with Gasteiger partial charge < -0.3 is 9.47 Å². The molecule has 0 fully saturated rings. The SMILES string of the molecule is CC(C)(CCCCCC(C)(C)OC(=O)CCS)OC(=O)CCS. The first-order chi connectivity index (χ1) is 10.6. The standard InChI is InChI=1S/C17H32O4S2/c1-16(2,20-14(18)8-12-22)10-6-5-7-11-17(3,4)21-15(19)9-13-23/h22-23H,5-13H2,1-4H3. The number of unbranched alkanes of at least 4 members (excludes halogenated alkanes) is 2. The number of hydrogen-bond acceptors (Lipinski definition) is 6. The molecule has 23 heavy (non-hydrogen) atoms. The Hall–Kier alpha value is -0.360. The Morgan fingerprint density at radius 2 is 1.09 bits per heavy atom. The van der Waals surface area contributed by atoms with Crippen molar-refractivity contribution in [3.63, 3.8) is 0 Å². The molecular formula is C17H32O4S2. The maximum atomic E-state index is 11.5. The largest absolute Gasteiger partial charge is 0.460 e. The molecule has 0 rings (SSSR count). The lowest BCUT2D eigenvalue weighted by Crippen LogP contribution is -2.29. The van der Waals surface area contributed by atoms with Gasteiger partial charge in [0, 0.05) is 11.5 Å². The molecule has 0 radical (unpaired) electrons. The van der Waals surface area contributed by atoms with Crippen LogP contribution < -0.4 is 0 Å². The zero-order valence-corrected chi connectivity index (χ0v) is 16.7. The van der Waals surface area contributed by atoms with Gasteiger partial charge in [0.15, 0.2) is 0 Å². The molecule has 136 valence electrons. The third kappa shape index (κ3) is 12.7. The van der Waals surface area contributed by atoms with Gasteiger partial charge in [0.2, 0.25) is 0 Å². The molecule has 0 aliphatic rings. The summed E-state index contributed by atoms with van der Waals surface area (Å²) in [5.41, 5.74) is -0.872. The van der Waals surface area contributed by atoms with Crippen molar-refractivity contribution in [3.05, 3.63) is 0 Å². The topological polar surface area (TPSA) is 52.6 Å². The zero-order chi connectivity index (χ0) is 17.9. The van der Waals surface area contributed by atoms with Crippen LogP contribution in [0.3, 0.4) is 0 Å². The van der Waals surface area contributed by atoms with Gasteiger partial charge in [-0.25, -0.2) is 0 Å². The molecule has 0 amide bonds. The van der Waals surface area contributed by atoms with Crippen molar-refractivity contribution in [3.8, 4) is 0 Å². The maximum Gasteiger partial charge on any atom is 0.307 e. The van der Waals surface area contributed by atoms with Crippen LogP contribution in [0, 0.1) is 0 Å². The number of carbonyl (C=O) groups excluding carboxylic acids is 2. The molecule has 0 atom stereocenters. The lowest BCUT2D eigenvalue weighted by molar-refractivity contribution is -0.157. The van der Waals surface area contributed by atoms with Gasteiger partial charge in [-0.2, -0.15) is 25.3 Å². The Labute approximate surface area is 151 Å². The molecule has 0 aromatic carbocycles. The minimum atomic E-state index is -0.436. The summed E-state index contributed by atoms with van der Waals surface area (Å²) in [6, 6.07) is 0. The smallest absolute Gasteiger partial charge is 0.307 e. The van der Waals surface area contributed by atoms with Crippen LogP contribution in [-0.2, 0) is 19.1 Å². The number of carbonyl (C=O) groups is 2. The molecule has 0 saturated heterocycles. The van der Waals surface area contributed by atoms with Crippen LogP contribution >= 0.6 is 25.3 Å². The molecule has 0 aromatic rings. The summed E-state index contributed by atoms with van der Waals surface area (Å²) < 4.78 is 10.9. The Bertz CT molecular complexity index is 334. The monoisotopic (exact) mass is 364 g/mol. The van der Waals surface area contributed by atoms with E-state index in [0.29, 0.717) is 24.3 Å². The lowest BCUT2D eigenvalue weighted by atomic mass is 9.96. The van der Waals surface area contributed by atoms with Crippen molar-refractivity contribution < 1.29 is 19.1 Å². The van der Waals surface area contributed by atoms with E-state index in [2.05, 4.69) is 25.3 Å². The minimum absolute atomic E-state index is 0.192. The summed E-state index contributed by atoms with van der Waals surface area (Å²) in [7, 11) is 0. The van der Waals surface area contributed by atoms with Crippen LogP contribution in [0.2, 0.25) is 0 Å². The normalized spacial score (nSPS) is 12.1. The molecule has 0 aliphatic heterocycles. The highest BCUT2D eigenvalue weighted by molar-refractivity contribution is 7.80. The van der Waals surface area contributed by atoms with Crippen LogP contribution in [0.15, 0.2) is 0 Å². The van der Waals surface area contributed by atoms with E-state index in [1.807, 2.05) is 27.7 Å². The van der Waals surface area contributed by atoms with Gasteiger partial charge in [0.1, 0.15) is 11.2 Å². The van der Waals surface area contributed by atoms with Crippen molar-refractivity contribution in [1.29, 1.82) is 0 Å². The average Bonchev–Trinajstić information content (AvgIpc) is 2.36. The van der Waals surface area contributed by atoms with Crippen molar-refractivity contribution in [2.75, 3.05) is 11.5 Å². The average molecular weight is 365 g/mol. The fourth-order valence-corrected chi connectivity index (χ4v) is 2.65. The van der Waals surface area contributed by atoms with E-state index in [4.69, 9.17) is 9.47 Å². The molecule has 0 bridgehead atoms. The Morgan fingerprint density at radius 3 is 1.39 bits per heavy atom. The van der Waals surface area contributed by atoms with Crippen molar-refractivity contribution in [2.24, 2.45) is 0 Å². The number of hydrogen-bond donors (Lipinski definition) is 2. The summed E-state index contributed by atoms with van der Waals surface area (Å²) in [5.74, 6) is 0.635. The number of rotatable bonds is 12. The van der Waals surface area contributed by atoms with Crippen LogP contribution in [0.4, 0.5) is 0 Å². The van der Waals surface area contributed by atoms with Gasteiger partial charge in [-0.1, -0.05) is 6.42 Å². The number of thiol groups is 2. The van der Waals surface area contributed by atoms with Crippen molar-refractivity contribution >= 4 is 37.2 Å². The first-order valence-corrected chi connectivity index (χ1v) is 9.54. The molecular weight excluding hydrogens is 332 g/mol. The van der Waals surface area contributed by atoms with E-state index in [1.165, 1.54) is 0 Å². The quantitative estimate of drug-likeness (QED) is 0.309. The van der Waals surface area contributed by atoms with E-state index in [0.717, 1.165) is 32.1 Å². The summed E-state index contributed by atoms with van der Waals surface area (Å²) >= 11 is 8.06. The predicted molar refractivity (Wildman–Crippen MR) is 100 cm³/mol. The summed E-state index contributed by atoms with van der Waals surface area (Å²) in [5, 5.41) is 0. The van der Waals surface area contributed by atoms with E-state index in [-0.39, 0.29) is 11.9 Å². The summed E-state index contributed by atoms with van der Waals surface area (Å²) in [6.45, 7) is 7.75. The van der Waals surface area contributed by atoms with Gasteiger partial charge in [-0.3, -0.25) is 9.59 Å². The fraction of sp³-hybridized carbons (Fsp3) is 0.882. The van der Waals surface area contributed by atoms with Gasteiger partial charge in [0.25, 0.3) is 0 Å². The third-order valence-electron chi connectivity index (χ3n) is 3.47. The highest BCUT2D eigenvalue weighted by atomic mass is 32.1. The van der Waals surface area contributed by atoms with Crippen LogP contribution in [-0.4, -0.2) is 34.6 Å². The molecule has 0 spiro atoms. The van der Waals surface area contributed by atoms with Crippen LogP contribution in [0.1, 0.15) is 72.6 Å². The Balaban J connectivity index is 3.94. The van der Waals surface area contributed by atoms with Crippen LogP contribution in [0.5, 0.6) is 0 Å². The molecule has 0 N–H and O–H groups in total. The lowest BCUT2D eigenvalue weighted by Gasteiger charge is -2.26. The molecule has 0 aromatic heterocycles. The van der Waals surface area contributed by atoms with Crippen LogP contribution in [0.25, 0.3) is 0 Å². The van der Waals surface area contributed by atoms with E-state index in [1.54, 1.807) is 0 Å². The third-order valence-corrected chi connectivity index (χ3v) is 3.92. The second-order valence-electron chi connectivity index (χ2n) is 6.98. The van der Waals surface area contributed by atoms with Gasteiger partial charge in [0.05, 0.1) is 12.8 Å². The predicted octanol–water partition coefficient (Wildman–Crippen LogP) is 4.22. The number of esters is 2. The highest BCUT2D eigenvalue weighted by Crippen LogP contribution is 2.23. The molecule has 0 aliphatic carbocycles. The molecule has 4 nitrogen and oxygen atoms in total. The Kier molecular flexibility index (Phi) is 11.1. The second-order valence-corrected chi connectivity index (χ2v) is 7.87. The number of ether oxygens (including phenoxy) is 2. The second kappa shape index (κ2) is 11.2. The van der Waals surface area contributed by atoms with Gasteiger partial charge >= 0.3 is 11.9 Å². The Morgan fingerprint density at radius 1 is 0.739 bits per heavy atom. The summed E-state index contributed by atoms with van der Waals surface area (Å²) in [4.78, 5) is 23.0. The van der Waals surface area contributed by atoms with Crippen molar-refractivity contribution in [2.45, 2.75) is 83.8 Å². The molecule has 0 saturated carbocycles. The fourth-order valence-electron chi connectivity index (χ4n) is 2.28. The maximum absolute atomic E-state index is 11.5. The first kappa shape index (κ1) is 22.6. The summed E-state index contributed by atoms with van der Waals surface area (Å²) in [6.07, 6.45) is 5.30. The highest BCUT2D eigenvalue weighted by Gasteiger charge is 2.24. The van der Waals surface area contributed by atoms with Gasteiger partial charge in [-0.15, -0.1) is 0 Å². The zero-order valence-electron chi connectivity index (χ0n) is 14.9. The van der Waals surface area contributed by atoms with E-state index >= 15 is 0 Å².